The molecule has 0 aliphatic carbocycles. The molecule has 3 heteroatoms. The van der Waals surface area contributed by atoms with Crippen molar-refractivity contribution in [2.45, 2.75) is 12.8 Å². The van der Waals surface area contributed by atoms with Crippen molar-refractivity contribution >= 4 is 5.69 Å². The first-order valence-corrected chi connectivity index (χ1v) is 7.33. The van der Waals surface area contributed by atoms with Crippen molar-refractivity contribution in [3.63, 3.8) is 0 Å². The van der Waals surface area contributed by atoms with Gasteiger partial charge in [0, 0.05) is 31.9 Å². The highest BCUT2D eigenvalue weighted by molar-refractivity contribution is 5.54. The molecule has 0 amide bonds. The summed E-state index contributed by atoms with van der Waals surface area (Å²) in [5, 5.41) is 0. The number of benzene rings is 1. The average molecular weight is 261 g/mol. The van der Waals surface area contributed by atoms with Crippen molar-refractivity contribution in [3.8, 4) is 0 Å². The maximum atomic E-state index is 2.55. The number of likely N-dealkylation sites (N-methyl/N-ethyl adjacent to an activating group) is 1. The van der Waals surface area contributed by atoms with E-state index in [2.05, 4.69) is 60.1 Å². The fourth-order valence-corrected chi connectivity index (χ4v) is 2.66. The van der Waals surface area contributed by atoms with Crippen molar-refractivity contribution in [1.29, 1.82) is 0 Å². The quantitative estimate of drug-likeness (QED) is 0.802. The summed E-state index contributed by atoms with van der Waals surface area (Å²) in [7, 11) is 6.50. The lowest BCUT2D eigenvalue weighted by Crippen LogP contribution is -2.44. The zero-order chi connectivity index (χ0) is 13.7. The van der Waals surface area contributed by atoms with Gasteiger partial charge >= 0.3 is 0 Å². The molecule has 0 bridgehead atoms. The maximum Gasteiger partial charge on any atom is 0.0399 e. The standard InChI is InChI=1S/C16H27N3/c1-17(2)10-6-8-15-7-4-5-9-16(15)19-13-11-18(3)12-14-19/h4-5,7,9H,6,8,10-14H2,1-3H3. The molecule has 0 saturated carbocycles. The van der Waals surface area contributed by atoms with E-state index >= 15 is 0 Å². The van der Waals surface area contributed by atoms with Gasteiger partial charge in [0.25, 0.3) is 0 Å². The van der Waals surface area contributed by atoms with Gasteiger partial charge in [0.2, 0.25) is 0 Å². The van der Waals surface area contributed by atoms with E-state index < -0.39 is 0 Å². The van der Waals surface area contributed by atoms with Crippen LogP contribution in [0.25, 0.3) is 0 Å². The van der Waals surface area contributed by atoms with Gasteiger partial charge in [0.15, 0.2) is 0 Å². The lowest BCUT2D eigenvalue weighted by Gasteiger charge is -2.35. The van der Waals surface area contributed by atoms with Gasteiger partial charge in [0.1, 0.15) is 0 Å². The minimum atomic E-state index is 1.15. The fraction of sp³-hybridized carbons (Fsp3) is 0.625. The van der Waals surface area contributed by atoms with Gasteiger partial charge in [0.05, 0.1) is 0 Å². The molecule has 2 rings (SSSR count). The van der Waals surface area contributed by atoms with Crippen LogP contribution in [0, 0.1) is 0 Å². The van der Waals surface area contributed by atoms with Crippen molar-refractivity contribution in [2.75, 3.05) is 58.8 Å². The van der Waals surface area contributed by atoms with Gasteiger partial charge in [-0.2, -0.15) is 0 Å². The third-order valence-corrected chi connectivity index (χ3v) is 3.89. The van der Waals surface area contributed by atoms with Crippen molar-refractivity contribution in [2.24, 2.45) is 0 Å². The average Bonchev–Trinajstić information content (AvgIpc) is 2.40. The molecule has 1 aliphatic heterocycles. The third kappa shape index (κ3) is 4.22. The highest BCUT2D eigenvalue weighted by Crippen LogP contribution is 2.22. The number of piperazine rings is 1. The molecule has 1 heterocycles. The highest BCUT2D eigenvalue weighted by Gasteiger charge is 2.16. The van der Waals surface area contributed by atoms with Crippen LogP contribution in [0.4, 0.5) is 5.69 Å². The molecule has 0 aromatic heterocycles. The molecule has 1 aliphatic rings. The number of nitrogens with zero attached hydrogens (tertiary/aromatic N) is 3. The number of aryl methyl sites for hydroxylation is 1. The van der Waals surface area contributed by atoms with Crippen LogP contribution in [-0.4, -0.2) is 63.7 Å². The second-order valence-electron chi connectivity index (χ2n) is 5.83. The second-order valence-corrected chi connectivity index (χ2v) is 5.83. The molecule has 1 aromatic carbocycles. The van der Waals surface area contributed by atoms with Crippen LogP contribution in [0.15, 0.2) is 24.3 Å². The van der Waals surface area contributed by atoms with Gasteiger partial charge in [-0.1, -0.05) is 18.2 Å². The molecule has 19 heavy (non-hydrogen) atoms. The molecule has 0 N–H and O–H groups in total. The summed E-state index contributed by atoms with van der Waals surface area (Å²) in [5.41, 5.74) is 2.96. The molecule has 0 unspecified atom stereocenters. The minimum Gasteiger partial charge on any atom is -0.369 e. The summed E-state index contributed by atoms with van der Waals surface area (Å²) < 4.78 is 0. The SMILES string of the molecule is CN(C)CCCc1ccccc1N1CCN(C)CC1. The molecule has 0 radical (unpaired) electrons. The van der Waals surface area contributed by atoms with Crippen molar-refractivity contribution in [1.82, 2.24) is 9.80 Å². The zero-order valence-corrected chi connectivity index (χ0v) is 12.6. The van der Waals surface area contributed by atoms with Crippen LogP contribution in [0.2, 0.25) is 0 Å². The Bertz CT molecular complexity index is 381. The normalized spacial score (nSPS) is 17.2. The first kappa shape index (κ1) is 14.4. The van der Waals surface area contributed by atoms with E-state index in [4.69, 9.17) is 0 Å². The number of para-hydroxylation sites is 1. The first-order valence-electron chi connectivity index (χ1n) is 7.33. The van der Waals surface area contributed by atoms with E-state index in [1.165, 1.54) is 37.2 Å². The Balaban J connectivity index is 1.99. The topological polar surface area (TPSA) is 9.72 Å². The van der Waals surface area contributed by atoms with Crippen LogP contribution in [0.3, 0.4) is 0 Å². The van der Waals surface area contributed by atoms with E-state index in [0.717, 1.165) is 19.6 Å². The number of rotatable bonds is 5. The van der Waals surface area contributed by atoms with Crippen LogP contribution in [0.1, 0.15) is 12.0 Å². The number of hydrogen-bond donors (Lipinski definition) is 0. The monoisotopic (exact) mass is 261 g/mol. The fourth-order valence-electron chi connectivity index (χ4n) is 2.66. The molecule has 3 nitrogen and oxygen atoms in total. The Morgan fingerprint density at radius 3 is 2.42 bits per heavy atom. The van der Waals surface area contributed by atoms with E-state index in [1.807, 2.05) is 0 Å². The molecule has 1 saturated heterocycles. The van der Waals surface area contributed by atoms with Gasteiger partial charge in [-0.15, -0.1) is 0 Å². The maximum absolute atomic E-state index is 2.55. The molecule has 1 aromatic rings. The van der Waals surface area contributed by atoms with Crippen LogP contribution in [0.5, 0.6) is 0 Å². The van der Waals surface area contributed by atoms with Gasteiger partial charge in [-0.05, 0) is 52.2 Å². The Kier molecular flexibility index (Phi) is 5.23. The zero-order valence-electron chi connectivity index (χ0n) is 12.6. The minimum absolute atomic E-state index is 1.15. The summed E-state index contributed by atoms with van der Waals surface area (Å²) in [6, 6.07) is 8.92. The molecule has 0 atom stereocenters. The summed E-state index contributed by atoms with van der Waals surface area (Å²) in [4.78, 5) is 7.22. The van der Waals surface area contributed by atoms with Gasteiger partial charge < -0.3 is 14.7 Å². The molecular weight excluding hydrogens is 234 g/mol. The predicted octanol–water partition coefficient (Wildman–Crippen LogP) is 1.93. The largest absolute Gasteiger partial charge is 0.369 e. The van der Waals surface area contributed by atoms with Crippen LogP contribution in [-0.2, 0) is 6.42 Å². The first-order chi connectivity index (χ1) is 9.16. The molecule has 1 fully saturated rings. The van der Waals surface area contributed by atoms with E-state index in [1.54, 1.807) is 0 Å². The summed E-state index contributed by atoms with van der Waals surface area (Å²) in [5.74, 6) is 0. The summed E-state index contributed by atoms with van der Waals surface area (Å²) in [6.07, 6.45) is 2.42. The number of anilines is 1. The van der Waals surface area contributed by atoms with E-state index in [-0.39, 0.29) is 0 Å². The van der Waals surface area contributed by atoms with Crippen LogP contribution < -0.4 is 4.90 Å². The van der Waals surface area contributed by atoms with Gasteiger partial charge in [-0.3, -0.25) is 0 Å². The summed E-state index contributed by atoms with van der Waals surface area (Å²) >= 11 is 0. The Hall–Kier alpha value is -1.06. The van der Waals surface area contributed by atoms with E-state index in [0.29, 0.717) is 0 Å². The lowest BCUT2D eigenvalue weighted by atomic mass is 10.1. The Morgan fingerprint density at radius 2 is 1.74 bits per heavy atom. The van der Waals surface area contributed by atoms with Crippen molar-refractivity contribution in [3.05, 3.63) is 29.8 Å². The molecule has 106 valence electrons. The Labute approximate surface area is 117 Å². The van der Waals surface area contributed by atoms with E-state index in [9.17, 15) is 0 Å². The molecule has 0 spiro atoms. The second kappa shape index (κ2) is 6.92. The predicted molar refractivity (Wildman–Crippen MR) is 83.0 cm³/mol. The van der Waals surface area contributed by atoms with Crippen LogP contribution >= 0.6 is 0 Å². The molecular formula is C16H27N3. The highest BCUT2D eigenvalue weighted by atomic mass is 15.2. The summed E-state index contributed by atoms with van der Waals surface area (Å²) in [6.45, 7) is 5.82. The smallest absolute Gasteiger partial charge is 0.0399 e. The lowest BCUT2D eigenvalue weighted by molar-refractivity contribution is 0.312. The Morgan fingerprint density at radius 1 is 1.05 bits per heavy atom. The number of hydrogen-bond acceptors (Lipinski definition) is 3. The third-order valence-electron chi connectivity index (χ3n) is 3.89. The van der Waals surface area contributed by atoms with Gasteiger partial charge in [-0.25, -0.2) is 0 Å². The van der Waals surface area contributed by atoms with Crippen molar-refractivity contribution < 1.29 is 0 Å².